The highest BCUT2D eigenvalue weighted by atomic mass is 127. The fourth-order valence-corrected chi connectivity index (χ4v) is 3.50. The van der Waals surface area contributed by atoms with Crippen molar-refractivity contribution in [3.8, 4) is 11.4 Å². The summed E-state index contributed by atoms with van der Waals surface area (Å²) in [5, 5.41) is 23.1. The maximum absolute atomic E-state index is 12.9. The quantitative estimate of drug-likeness (QED) is 0.259. The molecule has 10 nitrogen and oxygen atoms in total. The molecule has 2 aromatic heterocycles. The number of aromatic nitrogens is 4. The Kier molecular flexibility index (Phi) is 5.65. The number of nitrogens with one attached hydrogen (secondary N) is 2. The molecule has 0 saturated carbocycles. The fourth-order valence-electron chi connectivity index (χ4n) is 3.14. The number of aromatic amines is 2. The number of carboxylic acids is 1. The van der Waals surface area contributed by atoms with E-state index in [-0.39, 0.29) is 16.9 Å². The van der Waals surface area contributed by atoms with Gasteiger partial charge < -0.3 is 5.11 Å². The molecule has 4 rings (SSSR count). The molecule has 0 saturated heterocycles. The summed E-state index contributed by atoms with van der Waals surface area (Å²) in [4.78, 5) is 36.9. The molecule has 0 atom stereocenters. The maximum atomic E-state index is 12.9. The van der Waals surface area contributed by atoms with Crippen molar-refractivity contribution in [1.82, 2.24) is 19.6 Å². The number of rotatable bonds is 5. The van der Waals surface area contributed by atoms with Gasteiger partial charge in [0.05, 0.1) is 28.3 Å². The number of aromatic carboxylic acids is 1. The summed E-state index contributed by atoms with van der Waals surface area (Å²) in [6, 6.07) is 13.3. The van der Waals surface area contributed by atoms with Crippen LogP contribution >= 0.6 is 22.6 Å². The number of hydrogen-bond acceptors (Lipinski definition) is 5. The highest BCUT2D eigenvalue weighted by Crippen LogP contribution is 2.20. The highest BCUT2D eigenvalue weighted by Gasteiger charge is 2.16. The summed E-state index contributed by atoms with van der Waals surface area (Å²) in [6.07, 6.45) is 0. The van der Waals surface area contributed by atoms with Crippen LogP contribution in [-0.2, 0) is 0 Å². The average Bonchev–Trinajstić information content (AvgIpc) is 3.22. The van der Waals surface area contributed by atoms with Crippen LogP contribution in [0.3, 0.4) is 0 Å². The van der Waals surface area contributed by atoms with Crippen LogP contribution in [0.2, 0.25) is 0 Å². The van der Waals surface area contributed by atoms with Gasteiger partial charge >= 0.3 is 5.97 Å². The lowest BCUT2D eigenvalue weighted by molar-refractivity contribution is 0.0697. The van der Waals surface area contributed by atoms with E-state index in [0.717, 1.165) is 3.57 Å². The molecular formula is C21H17IN6O4. The van der Waals surface area contributed by atoms with Gasteiger partial charge in [0.25, 0.3) is 11.1 Å². The molecule has 0 fully saturated rings. The molecular weight excluding hydrogens is 527 g/mol. The minimum atomic E-state index is -1.10. The van der Waals surface area contributed by atoms with Crippen LogP contribution < -0.4 is 11.1 Å². The lowest BCUT2D eigenvalue weighted by atomic mass is 10.2. The number of azo groups is 1. The number of benzene rings is 2. The van der Waals surface area contributed by atoms with Crippen molar-refractivity contribution in [3.63, 3.8) is 0 Å². The molecule has 0 aliphatic rings. The van der Waals surface area contributed by atoms with Crippen molar-refractivity contribution in [2.45, 2.75) is 13.8 Å². The molecule has 0 aliphatic heterocycles. The molecule has 11 heteroatoms. The number of nitrogens with zero attached hydrogens (tertiary/aromatic N) is 4. The van der Waals surface area contributed by atoms with E-state index in [0.29, 0.717) is 22.8 Å². The van der Waals surface area contributed by atoms with E-state index < -0.39 is 17.1 Å². The summed E-state index contributed by atoms with van der Waals surface area (Å²) in [7, 11) is 0. The summed E-state index contributed by atoms with van der Waals surface area (Å²) in [5.41, 5.74) is 1.16. The first kappa shape index (κ1) is 21.5. The van der Waals surface area contributed by atoms with E-state index in [2.05, 4.69) is 43.0 Å². The van der Waals surface area contributed by atoms with Crippen LogP contribution in [0.1, 0.15) is 21.7 Å². The molecule has 0 amide bonds. The Bertz CT molecular complexity index is 1470. The largest absolute Gasteiger partial charge is 0.478 e. The molecule has 0 unspecified atom stereocenters. The highest BCUT2D eigenvalue weighted by molar-refractivity contribution is 14.1. The number of hydrogen-bond donors (Lipinski definition) is 3. The molecule has 2 aromatic carbocycles. The minimum Gasteiger partial charge on any atom is -0.478 e. The minimum absolute atomic E-state index is 0.0199. The van der Waals surface area contributed by atoms with Crippen molar-refractivity contribution in [3.05, 3.63) is 89.8 Å². The molecule has 0 aliphatic carbocycles. The van der Waals surface area contributed by atoms with Crippen LogP contribution in [-0.4, -0.2) is 30.6 Å². The van der Waals surface area contributed by atoms with Gasteiger partial charge in [0.2, 0.25) is 0 Å². The number of carboxylic acid groups (broad SMARTS) is 1. The monoisotopic (exact) mass is 544 g/mol. The van der Waals surface area contributed by atoms with Gasteiger partial charge in [0, 0.05) is 3.57 Å². The van der Waals surface area contributed by atoms with E-state index in [4.69, 9.17) is 0 Å². The van der Waals surface area contributed by atoms with Crippen LogP contribution in [0.5, 0.6) is 0 Å². The van der Waals surface area contributed by atoms with E-state index in [1.54, 1.807) is 38.1 Å². The van der Waals surface area contributed by atoms with Crippen molar-refractivity contribution >= 4 is 39.9 Å². The molecule has 0 radical (unpaired) electrons. The molecule has 0 bridgehead atoms. The SMILES string of the molecule is Cc1[nH]n(-c2ccc(I)cc2)c(=O)c1N=Nc1c(C)[nH]n(-c2cccc(C(=O)O)c2)c1=O. The van der Waals surface area contributed by atoms with Gasteiger partial charge in [-0.15, -0.1) is 10.2 Å². The molecule has 2 heterocycles. The van der Waals surface area contributed by atoms with Crippen molar-refractivity contribution in [2.75, 3.05) is 0 Å². The lowest BCUT2D eigenvalue weighted by Gasteiger charge is -2.02. The normalized spacial score (nSPS) is 11.3. The first-order valence-electron chi connectivity index (χ1n) is 9.41. The summed E-state index contributed by atoms with van der Waals surface area (Å²) in [6.45, 7) is 3.33. The molecule has 4 aromatic rings. The zero-order chi connectivity index (χ0) is 23.0. The Morgan fingerprint density at radius 3 is 1.94 bits per heavy atom. The number of H-pyrrole nitrogens is 2. The van der Waals surface area contributed by atoms with Crippen molar-refractivity contribution < 1.29 is 9.90 Å². The first-order valence-corrected chi connectivity index (χ1v) is 10.5. The van der Waals surface area contributed by atoms with Gasteiger partial charge in [-0.1, -0.05) is 6.07 Å². The second-order valence-corrected chi connectivity index (χ2v) is 8.23. The predicted molar refractivity (Wildman–Crippen MR) is 126 cm³/mol. The van der Waals surface area contributed by atoms with Gasteiger partial charge in [-0.05, 0) is 78.9 Å². The lowest BCUT2D eigenvalue weighted by Crippen LogP contribution is -2.15. The zero-order valence-corrected chi connectivity index (χ0v) is 19.1. The van der Waals surface area contributed by atoms with Gasteiger partial charge in [-0.25, -0.2) is 14.2 Å². The third kappa shape index (κ3) is 3.93. The standard InChI is InChI=1S/C21H17IN6O4/c1-11-17(19(29)27(25-11)15-8-6-14(22)7-9-15)23-24-18-12(2)26-28(20(18)30)16-5-3-4-13(10-16)21(31)32/h3-10,25-26H,1-2H3,(H,31,32). The average molecular weight is 544 g/mol. The zero-order valence-electron chi connectivity index (χ0n) is 17.0. The molecule has 3 N–H and O–H groups in total. The summed E-state index contributed by atoms with van der Waals surface area (Å²) < 4.78 is 3.58. The van der Waals surface area contributed by atoms with Crippen molar-refractivity contribution in [1.29, 1.82) is 0 Å². The molecule has 162 valence electrons. The number of carbonyl (C=O) groups is 1. The summed E-state index contributed by atoms with van der Waals surface area (Å²) >= 11 is 2.18. The van der Waals surface area contributed by atoms with Crippen LogP contribution in [0, 0.1) is 17.4 Å². The summed E-state index contributed by atoms with van der Waals surface area (Å²) in [5.74, 6) is -1.10. The maximum Gasteiger partial charge on any atom is 0.335 e. The smallest absolute Gasteiger partial charge is 0.335 e. The van der Waals surface area contributed by atoms with E-state index in [1.165, 1.54) is 21.5 Å². The second-order valence-electron chi connectivity index (χ2n) is 6.98. The van der Waals surface area contributed by atoms with Crippen molar-refractivity contribution in [2.24, 2.45) is 10.2 Å². The fraction of sp³-hybridized carbons (Fsp3) is 0.0952. The Morgan fingerprint density at radius 1 is 0.875 bits per heavy atom. The Labute approximate surface area is 194 Å². The Morgan fingerprint density at radius 2 is 1.41 bits per heavy atom. The van der Waals surface area contributed by atoms with Gasteiger partial charge in [-0.2, -0.15) is 0 Å². The van der Waals surface area contributed by atoms with Crippen LogP contribution in [0.4, 0.5) is 11.4 Å². The topological polar surface area (TPSA) is 138 Å². The van der Waals surface area contributed by atoms with E-state index in [1.807, 2.05) is 12.1 Å². The van der Waals surface area contributed by atoms with Gasteiger partial charge in [-0.3, -0.25) is 19.8 Å². The first-order chi connectivity index (χ1) is 15.3. The van der Waals surface area contributed by atoms with Gasteiger partial charge in [0.1, 0.15) is 0 Å². The predicted octanol–water partition coefficient (Wildman–Crippen LogP) is 3.98. The number of halogens is 1. The van der Waals surface area contributed by atoms with Gasteiger partial charge in [0.15, 0.2) is 11.4 Å². The van der Waals surface area contributed by atoms with E-state index >= 15 is 0 Å². The third-order valence-corrected chi connectivity index (χ3v) is 5.49. The molecule has 32 heavy (non-hydrogen) atoms. The van der Waals surface area contributed by atoms with Crippen LogP contribution in [0.25, 0.3) is 11.4 Å². The Balaban J connectivity index is 1.72. The van der Waals surface area contributed by atoms with E-state index in [9.17, 15) is 19.5 Å². The van der Waals surface area contributed by atoms with Crippen LogP contribution in [0.15, 0.2) is 68.3 Å². The second kappa shape index (κ2) is 8.42. The number of aryl methyl sites for hydroxylation is 2. The Hall–Kier alpha value is -3.74. The third-order valence-electron chi connectivity index (χ3n) is 4.77. The molecule has 0 spiro atoms.